The van der Waals surface area contributed by atoms with Crippen LogP contribution >= 0.6 is 46.3 Å². The Balaban J connectivity index is 1.30. The minimum absolute atomic E-state index is 0.0589. The molecule has 1 fully saturated rings. The second kappa shape index (κ2) is 13.5. The van der Waals surface area contributed by atoms with Crippen LogP contribution < -0.4 is 9.64 Å². The first-order valence-corrected chi connectivity index (χ1v) is 16.4. The van der Waals surface area contributed by atoms with Crippen molar-refractivity contribution in [3.05, 3.63) is 140 Å². The van der Waals surface area contributed by atoms with E-state index in [-0.39, 0.29) is 16.5 Å². The zero-order valence-electron chi connectivity index (χ0n) is 23.8. The Morgan fingerprint density at radius 1 is 0.911 bits per heavy atom. The van der Waals surface area contributed by atoms with Crippen LogP contribution in [0.3, 0.4) is 0 Å². The molecule has 5 aromatic rings. The number of aryl methyl sites for hydroxylation is 1. The van der Waals surface area contributed by atoms with Gasteiger partial charge >= 0.3 is 5.91 Å². The van der Waals surface area contributed by atoms with Crippen LogP contribution in [-0.2, 0) is 21.9 Å². The van der Waals surface area contributed by atoms with Gasteiger partial charge in [-0.15, -0.1) is 10.2 Å². The molecule has 0 bridgehead atoms. The molecule has 0 aliphatic carbocycles. The van der Waals surface area contributed by atoms with Crippen molar-refractivity contribution in [3.8, 4) is 5.75 Å². The van der Waals surface area contributed by atoms with Crippen molar-refractivity contribution in [2.75, 3.05) is 4.90 Å². The Morgan fingerprint density at radius 2 is 1.60 bits per heavy atom. The number of Topliss-reactive ketones (excluding diaryl/α,β-unsaturated/α-hetero) is 1. The van der Waals surface area contributed by atoms with Crippen LogP contribution in [0.2, 0.25) is 10.0 Å². The van der Waals surface area contributed by atoms with E-state index >= 15 is 0 Å². The molecule has 1 atom stereocenters. The van der Waals surface area contributed by atoms with Crippen molar-refractivity contribution in [1.29, 1.82) is 0 Å². The van der Waals surface area contributed by atoms with Gasteiger partial charge in [-0.1, -0.05) is 101 Å². The average Bonchev–Trinajstić information content (AvgIpc) is 3.62. The van der Waals surface area contributed by atoms with Crippen LogP contribution in [0.1, 0.15) is 33.9 Å². The van der Waals surface area contributed by atoms with Crippen LogP contribution in [-0.4, -0.2) is 27.0 Å². The van der Waals surface area contributed by atoms with E-state index in [1.807, 2.05) is 55.5 Å². The molecule has 6 rings (SSSR count). The van der Waals surface area contributed by atoms with E-state index in [4.69, 9.17) is 27.9 Å². The lowest BCUT2D eigenvalue weighted by Gasteiger charge is -2.22. The highest BCUT2D eigenvalue weighted by atomic mass is 35.5. The van der Waals surface area contributed by atoms with Gasteiger partial charge in [-0.2, -0.15) is 0 Å². The van der Waals surface area contributed by atoms with Crippen LogP contribution in [0.25, 0.3) is 5.76 Å². The standard InChI is InChI=1S/C34H25Cl2N3O4S2/c1-20-6-2-3-7-23(20)18-43-26-16-12-22(13-17-26)30(40)28-29(21-10-14-25(35)15-11-21)39(32(42)31(28)41)33-37-38-34(45-33)44-19-24-8-4-5-9-27(24)36/h2-17,29,40H,18-19H2,1H3. The van der Waals surface area contributed by atoms with Gasteiger partial charge in [-0.25, -0.2) is 0 Å². The third-order valence-electron chi connectivity index (χ3n) is 7.32. The van der Waals surface area contributed by atoms with E-state index in [0.29, 0.717) is 43.6 Å². The van der Waals surface area contributed by atoms with Gasteiger partial charge in [0, 0.05) is 21.4 Å². The largest absolute Gasteiger partial charge is 0.507 e. The fraction of sp³-hybridized carbons (Fsp3) is 0.118. The number of ketones is 1. The molecular weight excluding hydrogens is 649 g/mol. The maximum Gasteiger partial charge on any atom is 0.301 e. The number of rotatable bonds is 9. The second-order valence-electron chi connectivity index (χ2n) is 10.2. The van der Waals surface area contributed by atoms with Crippen molar-refractivity contribution >= 4 is 68.9 Å². The lowest BCUT2D eigenvalue weighted by atomic mass is 9.95. The summed E-state index contributed by atoms with van der Waals surface area (Å²) in [6.07, 6.45) is 0. The lowest BCUT2D eigenvalue weighted by Crippen LogP contribution is -2.29. The van der Waals surface area contributed by atoms with Crippen molar-refractivity contribution in [3.63, 3.8) is 0 Å². The molecule has 0 spiro atoms. The van der Waals surface area contributed by atoms with Gasteiger partial charge in [-0.05, 0) is 71.6 Å². The van der Waals surface area contributed by atoms with Gasteiger partial charge in [0.1, 0.15) is 18.1 Å². The molecule has 2 heterocycles. The number of ether oxygens (including phenoxy) is 1. The number of aromatic nitrogens is 2. The summed E-state index contributed by atoms with van der Waals surface area (Å²) in [5.74, 6) is -0.793. The number of nitrogens with zero attached hydrogens (tertiary/aromatic N) is 3. The zero-order chi connectivity index (χ0) is 31.5. The Labute approximate surface area is 278 Å². The topological polar surface area (TPSA) is 92.6 Å². The molecule has 1 unspecified atom stereocenters. The van der Waals surface area contributed by atoms with Crippen molar-refractivity contribution in [2.24, 2.45) is 0 Å². The summed E-state index contributed by atoms with van der Waals surface area (Å²) in [4.78, 5) is 28.4. The number of thioether (sulfide) groups is 1. The summed E-state index contributed by atoms with van der Waals surface area (Å²) in [6.45, 7) is 2.41. The Hall–Kier alpha value is -4.15. The highest BCUT2D eigenvalue weighted by molar-refractivity contribution is 8.00. The van der Waals surface area contributed by atoms with E-state index in [1.165, 1.54) is 28.0 Å². The minimum atomic E-state index is -0.950. The zero-order valence-corrected chi connectivity index (χ0v) is 27.0. The lowest BCUT2D eigenvalue weighted by molar-refractivity contribution is -0.132. The molecule has 1 N–H and O–H groups in total. The third-order valence-corrected chi connectivity index (χ3v) is 10.0. The predicted molar refractivity (Wildman–Crippen MR) is 179 cm³/mol. The maximum absolute atomic E-state index is 13.5. The first-order chi connectivity index (χ1) is 21.8. The van der Waals surface area contributed by atoms with Gasteiger partial charge in [0.25, 0.3) is 5.78 Å². The van der Waals surface area contributed by atoms with Crippen LogP contribution in [0.5, 0.6) is 5.75 Å². The molecule has 1 saturated heterocycles. The van der Waals surface area contributed by atoms with Gasteiger partial charge in [0.2, 0.25) is 5.13 Å². The first-order valence-electron chi connectivity index (χ1n) is 13.8. The summed E-state index contributed by atoms with van der Waals surface area (Å²) in [5, 5.41) is 21.4. The summed E-state index contributed by atoms with van der Waals surface area (Å²) in [7, 11) is 0. The molecule has 1 aromatic heterocycles. The van der Waals surface area contributed by atoms with Crippen LogP contribution in [0.4, 0.5) is 5.13 Å². The summed E-state index contributed by atoms with van der Waals surface area (Å²) < 4.78 is 6.54. The van der Waals surface area contributed by atoms with Crippen molar-refractivity contribution < 1.29 is 19.4 Å². The monoisotopic (exact) mass is 673 g/mol. The summed E-state index contributed by atoms with van der Waals surface area (Å²) in [5.41, 5.74) is 4.02. The molecule has 0 saturated carbocycles. The second-order valence-corrected chi connectivity index (χ2v) is 13.2. The molecule has 1 aliphatic heterocycles. The fourth-order valence-electron chi connectivity index (χ4n) is 4.90. The van der Waals surface area contributed by atoms with E-state index in [9.17, 15) is 14.7 Å². The first kappa shape index (κ1) is 30.9. The van der Waals surface area contributed by atoms with Gasteiger partial charge in [-0.3, -0.25) is 14.5 Å². The molecule has 1 aliphatic rings. The fourth-order valence-corrected chi connectivity index (χ4v) is 7.18. The number of halogens is 2. The normalized spacial score (nSPS) is 15.9. The molecule has 226 valence electrons. The van der Waals surface area contributed by atoms with Gasteiger partial charge < -0.3 is 9.84 Å². The van der Waals surface area contributed by atoms with Crippen molar-refractivity contribution in [1.82, 2.24) is 10.2 Å². The Kier molecular flexibility index (Phi) is 9.23. The number of aliphatic hydroxyl groups is 1. The molecule has 7 nitrogen and oxygen atoms in total. The van der Waals surface area contributed by atoms with E-state index in [2.05, 4.69) is 10.2 Å². The Morgan fingerprint density at radius 3 is 2.31 bits per heavy atom. The van der Waals surface area contributed by atoms with Crippen molar-refractivity contribution in [2.45, 2.75) is 29.7 Å². The third kappa shape index (κ3) is 6.62. The SMILES string of the molecule is Cc1ccccc1COc1ccc(C(O)=C2C(=O)C(=O)N(c3nnc(SCc4ccccc4Cl)s3)C2c2ccc(Cl)cc2)cc1. The number of benzene rings is 4. The maximum atomic E-state index is 13.5. The summed E-state index contributed by atoms with van der Waals surface area (Å²) in [6, 6.07) is 28.1. The average molecular weight is 675 g/mol. The number of carbonyl (C=O) groups is 2. The van der Waals surface area contributed by atoms with E-state index in [0.717, 1.165) is 16.7 Å². The molecule has 1 amide bonds. The van der Waals surface area contributed by atoms with Gasteiger partial charge in [0.15, 0.2) is 4.34 Å². The molecule has 4 aromatic carbocycles. The quantitative estimate of drug-likeness (QED) is 0.0550. The number of hydrogen-bond donors (Lipinski definition) is 1. The highest BCUT2D eigenvalue weighted by Crippen LogP contribution is 2.44. The van der Waals surface area contributed by atoms with E-state index in [1.54, 1.807) is 48.5 Å². The number of aliphatic hydroxyl groups excluding tert-OH is 1. The molecular formula is C34H25Cl2N3O4S2. The molecule has 11 heteroatoms. The highest BCUT2D eigenvalue weighted by Gasteiger charge is 2.48. The van der Waals surface area contributed by atoms with E-state index < -0.39 is 17.7 Å². The number of anilines is 1. The number of amides is 1. The van der Waals surface area contributed by atoms with Crippen LogP contribution in [0, 0.1) is 6.92 Å². The number of carbonyl (C=O) groups excluding carboxylic acids is 2. The number of hydrogen-bond acceptors (Lipinski definition) is 8. The molecule has 45 heavy (non-hydrogen) atoms. The minimum Gasteiger partial charge on any atom is -0.507 e. The summed E-state index contributed by atoms with van der Waals surface area (Å²) >= 11 is 15.1. The predicted octanol–water partition coefficient (Wildman–Crippen LogP) is 8.65. The molecule has 0 radical (unpaired) electrons. The Bertz CT molecular complexity index is 1910. The van der Waals surface area contributed by atoms with Crippen LogP contribution in [0.15, 0.2) is 107 Å². The smallest absolute Gasteiger partial charge is 0.301 e. The van der Waals surface area contributed by atoms with Gasteiger partial charge in [0.05, 0.1) is 11.6 Å².